The molecule has 0 aromatic rings. The van der Waals surface area contributed by atoms with Gasteiger partial charge in [0.15, 0.2) is 0 Å². The van der Waals surface area contributed by atoms with Crippen LogP contribution in [-0.2, 0) is 9.59 Å². The zero-order valence-corrected chi connectivity index (χ0v) is 12.0. The highest BCUT2D eigenvalue weighted by molar-refractivity contribution is 7.99. The summed E-state index contributed by atoms with van der Waals surface area (Å²) in [6.07, 6.45) is 5.53. The van der Waals surface area contributed by atoms with E-state index in [1.54, 1.807) is 17.1 Å². The molecule has 106 valence electrons. The van der Waals surface area contributed by atoms with Crippen molar-refractivity contribution in [1.29, 1.82) is 0 Å². The summed E-state index contributed by atoms with van der Waals surface area (Å²) in [6.45, 7) is 8.29. The van der Waals surface area contributed by atoms with Gasteiger partial charge in [0.25, 0.3) is 0 Å². The van der Waals surface area contributed by atoms with Crippen LogP contribution in [0.4, 0.5) is 0 Å². The van der Waals surface area contributed by atoms with Crippen LogP contribution in [0.1, 0.15) is 19.3 Å². The molecule has 5 heteroatoms. The highest BCUT2D eigenvalue weighted by Gasteiger charge is 2.44. The Hall–Kier alpha value is -1.23. The topological polar surface area (TPSA) is 57.6 Å². The van der Waals surface area contributed by atoms with Gasteiger partial charge in [-0.15, -0.1) is 13.2 Å². The fourth-order valence-corrected chi connectivity index (χ4v) is 3.19. The standard InChI is InChI=1S/C14H21NO3S/c1-3-7-15(8-4-2)12(16)10-19-11-14(5-6-14)9-13(17)18/h3-4H,1-2,5-11H2,(H,17,18). The molecule has 4 nitrogen and oxygen atoms in total. The minimum atomic E-state index is -0.746. The first-order valence-corrected chi connectivity index (χ1v) is 7.47. The van der Waals surface area contributed by atoms with Crippen LogP contribution in [0.25, 0.3) is 0 Å². The number of aliphatic carboxylic acids is 1. The average Bonchev–Trinajstić information content (AvgIpc) is 3.07. The molecule has 1 saturated carbocycles. The number of carbonyl (C=O) groups excluding carboxylic acids is 1. The van der Waals surface area contributed by atoms with Gasteiger partial charge < -0.3 is 10.0 Å². The zero-order chi connectivity index (χ0) is 14.3. The minimum absolute atomic E-state index is 0.0518. The Morgan fingerprint density at radius 3 is 2.26 bits per heavy atom. The van der Waals surface area contributed by atoms with Gasteiger partial charge >= 0.3 is 5.97 Å². The predicted molar refractivity (Wildman–Crippen MR) is 78.2 cm³/mol. The lowest BCUT2D eigenvalue weighted by Gasteiger charge is -2.19. The summed E-state index contributed by atoms with van der Waals surface area (Å²) in [7, 11) is 0. The fourth-order valence-electron chi connectivity index (χ4n) is 1.91. The van der Waals surface area contributed by atoms with E-state index in [1.165, 1.54) is 11.8 Å². The number of hydrogen-bond donors (Lipinski definition) is 1. The maximum atomic E-state index is 11.9. The number of amides is 1. The largest absolute Gasteiger partial charge is 0.481 e. The van der Waals surface area contributed by atoms with Crippen LogP contribution >= 0.6 is 11.8 Å². The van der Waals surface area contributed by atoms with Gasteiger partial charge in [0, 0.05) is 13.1 Å². The molecule has 0 saturated heterocycles. The molecule has 0 aromatic carbocycles. The van der Waals surface area contributed by atoms with Crippen LogP contribution in [-0.4, -0.2) is 46.5 Å². The molecule has 0 radical (unpaired) electrons. The van der Waals surface area contributed by atoms with Crippen molar-refractivity contribution in [3.63, 3.8) is 0 Å². The molecular formula is C14H21NO3S. The summed E-state index contributed by atoms with van der Waals surface area (Å²) < 4.78 is 0. The number of nitrogens with zero attached hydrogens (tertiary/aromatic N) is 1. The van der Waals surface area contributed by atoms with Crippen LogP contribution in [0.5, 0.6) is 0 Å². The third kappa shape index (κ3) is 5.51. The highest BCUT2D eigenvalue weighted by atomic mass is 32.2. The van der Waals surface area contributed by atoms with Crippen molar-refractivity contribution >= 4 is 23.6 Å². The molecule has 1 rings (SSSR count). The molecule has 19 heavy (non-hydrogen) atoms. The van der Waals surface area contributed by atoms with Gasteiger partial charge in [-0.3, -0.25) is 9.59 Å². The third-order valence-electron chi connectivity index (χ3n) is 3.17. The molecular weight excluding hydrogens is 262 g/mol. The van der Waals surface area contributed by atoms with Crippen molar-refractivity contribution in [2.45, 2.75) is 19.3 Å². The molecule has 0 aromatic heterocycles. The molecule has 0 atom stereocenters. The molecule has 0 bridgehead atoms. The van der Waals surface area contributed by atoms with Crippen LogP contribution in [0.15, 0.2) is 25.3 Å². The Labute approximate surface area is 118 Å². The van der Waals surface area contributed by atoms with E-state index in [4.69, 9.17) is 5.11 Å². The van der Waals surface area contributed by atoms with E-state index >= 15 is 0 Å². The summed E-state index contributed by atoms with van der Waals surface area (Å²) in [6, 6.07) is 0. The first-order chi connectivity index (χ1) is 9.03. The third-order valence-corrected chi connectivity index (χ3v) is 4.44. The molecule has 1 N–H and O–H groups in total. The Morgan fingerprint density at radius 1 is 1.26 bits per heavy atom. The Balaban J connectivity index is 2.31. The van der Waals surface area contributed by atoms with E-state index < -0.39 is 5.97 Å². The lowest BCUT2D eigenvalue weighted by atomic mass is 10.1. The quantitative estimate of drug-likeness (QED) is 0.624. The maximum Gasteiger partial charge on any atom is 0.303 e. The number of rotatable bonds is 10. The fraction of sp³-hybridized carbons (Fsp3) is 0.571. The number of carboxylic acids is 1. The molecule has 0 unspecified atom stereocenters. The smallest absolute Gasteiger partial charge is 0.303 e. The summed E-state index contributed by atoms with van der Waals surface area (Å²) in [5, 5.41) is 8.82. The van der Waals surface area contributed by atoms with Gasteiger partial charge in [-0.2, -0.15) is 11.8 Å². The number of carboxylic acid groups (broad SMARTS) is 1. The van der Waals surface area contributed by atoms with Gasteiger partial charge in [0.2, 0.25) is 5.91 Å². The lowest BCUT2D eigenvalue weighted by molar-refractivity contribution is -0.138. The monoisotopic (exact) mass is 283 g/mol. The Morgan fingerprint density at radius 2 is 1.84 bits per heavy atom. The van der Waals surface area contributed by atoms with Crippen LogP contribution in [0.3, 0.4) is 0 Å². The Kier molecular flexibility index (Phi) is 6.15. The molecule has 0 heterocycles. The average molecular weight is 283 g/mol. The summed E-state index contributed by atoms with van der Waals surface area (Å²) in [5.41, 5.74) is -0.0571. The van der Waals surface area contributed by atoms with Crippen molar-refractivity contribution in [3.8, 4) is 0 Å². The lowest BCUT2D eigenvalue weighted by Crippen LogP contribution is -2.33. The maximum absolute atomic E-state index is 11.9. The molecule has 1 amide bonds. The Bertz CT molecular complexity index is 354. The molecule has 1 aliphatic rings. The van der Waals surface area contributed by atoms with E-state index in [1.807, 2.05) is 0 Å². The molecule has 0 spiro atoms. The zero-order valence-electron chi connectivity index (χ0n) is 11.1. The van der Waals surface area contributed by atoms with Gasteiger partial charge in [-0.25, -0.2) is 0 Å². The first-order valence-electron chi connectivity index (χ1n) is 6.32. The van der Waals surface area contributed by atoms with E-state index in [2.05, 4.69) is 13.2 Å². The second kappa shape index (κ2) is 7.38. The van der Waals surface area contributed by atoms with Crippen molar-refractivity contribution in [3.05, 3.63) is 25.3 Å². The molecule has 1 aliphatic carbocycles. The van der Waals surface area contributed by atoms with Crippen molar-refractivity contribution in [1.82, 2.24) is 4.90 Å². The second-order valence-corrected chi connectivity index (χ2v) is 5.92. The van der Waals surface area contributed by atoms with Gasteiger partial charge in [0.1, 0.15) is 0 Å². The molecule has 0 aliphatic heterocycles. The predicted octanol–water partition coefficient (Wildman–Crippen LogP) is 2.18. The van der Waals surface area contributed by atoms with Crippen molar-refractivity contribution in [2.75, 3.05) is 24.6 Å². The number of hydrogen-bond acceptors (Lipinski definition) is 3. The van der Waals surface area contributed by atoms with Crippen molar-refractivity contribution < 1.29 is 14.7 Å². The highest BCUT2D eigenvalue weighted by Crippen LogP contribution is 2.50. The SMILES string of the molecule is C=CCN(CC=C)C(=O)CSCC1(CC(=O)O)CC1. The summed E-state index contributed by atoms with van der Waals surface area (Å²) in [4.78, 5) is 24.4. The van der Waals surface area contributed by atoms with E-state index in [9.17, 15) is 9.59 Å². The van der Waals surface area contributed by atoms with E-state index in [0.717, 1.165) is 18.6 Å². The molecule has 1 fully saturated rings. The number of carbonyl (C=O) groups is 2. The normalized spacial score (nSPS) is 15.6. The summed E-state index contributed by atoms with van der Waals surface area (Å²) in [5.74, 6) is 0.449. The van der Waals surface area contributed by atoms with Gasteiger partial charge in [0.05, 0.1) is 12.2 Å². The van der Waals surface area contributed by atoms with Gasteiger partial charge in [-0.05, 0) is 24.0 Å². The first kappa shape index (κ1) is 15.8. The summed E-state index contributed by atoms with van der Waals surface area (Å²) >= 11 is 1.53. The second-order valence-electron chi connectivity index (χ2n) is 4.94. The minimum Gasteiger partial charge on any atom is -0.481 e. The van der Waals surface area contributed by atoms with Crippen LogP contribution in [0.2, 0.25) is 0 Å². The van der Waals surface area contributed by atoms with E-state index in [-0.39, 0.29) is 17.7 Å². The van der Waals surface area contributed by atoms with Gasteiger partial charge in [-0.1, -0.05) is 12.2 Å². The van der Waals surface area contributed by atoms with Crippen LogP contribution < -0.4 is 0 Å². The van der Waals surface area contributed by atoms with E-state index in [0.29, 0.717) is 18.8 Å². The number of thioether (sulfide) groups is 1. The van der Waals surface area contributed by atoms with Crippen molar-refractivity contribution in [2.24, 2.45) is 5.41 Å². The van der Waals surface area contributed by atoms with Crippen LogP contribution in [0, 0.1) is 5.41 Å².